The van der Waals surface area contributed by atoms with Crippen molar-refractivity contribution in [1.29, 1.82) is 0 Å². The van der Waals surface area contributed by atoms with Crippen LogP contribution in [0.2, 0.25) is 0 Å². The van der Waals surface area contributed by atoms with Gasteiger partial charge in [0.25, 0.3) is 0 Å². The van der Waals surface area contributed by atoms with Crippen LogP contribution in [0.3, 0.4) is 0 Å². The van der Waals surface area contributed by atoms with Gasteiger partial charge in [0.05, 0.1) is 54.3 Å². The maximum Gasteiger partial charge on any atom is 0.310 e. The number of carbonyl (C=O) groups is 5. The van der Waals surface area contributed by atoms with Crippen LogP contribution < -0.4 is 0 Å². The fourth-order valence-corrected chi connectivity index (χ4v) is 10.1. The van der Waals surface area contributed by atoms with Crippen LogP contribution in [0.5, 0.6) is 0 Å². The van der Waals surface area contributed by atoms with Gasteiger partial charge in [-0.2, -0.15) is 0 Å². The Morgan fingerprint density at radius 3 is 1.40 bits per heavy atom. The second-order valence-corrected chi connectivity index (χ2v) is 14.6. The van der Waals surface area contributed by atoms with E-state index >= 15 is 0 Å². The van der Waals surface area contributed by atoms with Gasteiger partial charge in [-0.3, -0.25) is 24.0 Å². The van der Waals surface area contributed by atoms with Gasteiger partial charge in [-0.15, -0.1) is 0 Å². The van der Waals surface area contributed by atoms with Crippen molar-refractivity contribution in [2.45, 2.75) is 63.9 Å². The van der Waals surface area contributed by atoms with Crippen LogP contribution >= 0.6 is 0 Å². The van der Waals surface area contributed by atoms with Gasteiger partial charge in [0.15, 0.2) is 0 Å². The summed E-state index contributed by atoms with van der Waals surface area (Å²) in [7, 11) is 0. The third-order valence-electron chi connectivity index (χ3n) is 12.2. The molecule has 0 heterocycles. The van der Waals surface area contributed by atoms with E-state index in [9.17, 15) is 44.4 Å². The lowest BCUT2D eigenvalue weighted by Crippen LogP contribution is -2.45. The average Bonchev–Trinajstić information content (AvgIpc) is 3.87. The standard InChI is InChI=1S/C32H44O13/c33-10-32(11-42-14-45-26-20-6-5-19(9-20)25(26)29(38)39,12-43-30(40)23-17-3-1-15(7-17)21(23)27(34)35)13-44-31(41)24-18-4-2-16(8-18)22(24)28(36)37/h15-26,33H,1-14H2,(H,34,35)(H,36,37)(H,38,39). The van der Waals surface area contributed by atoms with E-state index in [4.69, 9.17) is 18.9 Å². The molecule has 6 aliphatic carbocycles. The van der Waals surface area contributed by atoms with Crippen LogP contribution in [-0.2, 0) is 42.9 Å². The van der Waals surface area contributed by atoms with Gasteiger partial charge in [0.2, 0.25) is 0 Å². The number of carboxylic acid groups (broad SMARTS) is 3. The number of fused-ring (bicyclic) bond motifs is 6. The molecule has 0 aromatic heterocycles. The molecule has 12 unspecified atom stereocenters. The summed E-state index contributed by atoms with van der Waals surface area (Å²) in [6.45, 7) is -2.05. The molecule has 0 amide bonds. The van der Waals surface area contributed by atoms with Crippen molar-refractivity contribution >= 4 is 29.8 Å². The van der Waals surface area contributed by atoms with Gasteiger partial charge in [-0.05, 0) is 93.3 Å². The topological polar surface area (TPSA) is 203 Å². The first-order chi connectivity index (χ1) is 21.5. The number of aliphatic hydroxyl groups is 1. The van der Waals surface area contributed by atoms with Crippen molar-refractivity contribution in [3.63, 3.8) is 0 Å². The Hall–Kier alpha value is -2.77. The molecule has 6 bridgehead atoms. The smallest absolute Gasteiger partial charge is 0.310 e. The van der Waals surface area contributed by atoms with E-state index in [0.29, 0.717) is 12.8 Å². The Bertz CT molecular complexity index is 1130. The summed E-state index contributed by atoms with van der Waals surface area (Å²) >= 11 is 0. The van der Waals surface area contributed by atoms with Crippen LogP contribution in [0.4, 0.5) is 0 Å². The zero-order valence-corrected chi connectivity index (χ0v) is 25.3. The summed E-state index contributed by atoms with van der Waals surface area (Å²) in [6, 6.07) is 0. The lowest BCUT2D eigenvalue weighted by molar-refractivity contribution is -0.183. The predicted octanol–water partition coefficient (Wildman–Crippen LogP) is 2.04. The lowest BCUT2D eigenvalue weighted by atomic mass is 9.79. The first-order valence-corrected chi connectivity index (χ1v) is 16.4. The van der Waals surface area contributed by atoms with Crippen molar-refractivity contribution in [3.05, 3.63) is 0 Å². The summed E-state index contributed by atoms with van der Waals surface area (Å²) in [4.78, 5) is 62.4. The van der Waals surface area contributed by atoms with E-state index in [2.05, 4.69) is 0 Å². The van der Waals surface area contributed by atoms with E-state index in [0.717, 1.165) is 44.9 Å². The Balaban J connectivity index is 1.11. The molecule has 0 saturated heterocycles. The minimum Gasteiger partial charge on any atom is -0.481 e. The highest BCUT2D eigenvalue weighted by molar-refractivity contribution is 5.83. The van der Waals surface area contributed by atoms with Gasteiger partial charge in [-0.25, -0.2) is 0 Å². The van der Waals surface area contributed by atoms with Crippen molar-refractivity contribution in [1.82, 2.24) is 0 Å². The minimum atomic E-state index is -1.44. The maximum absolute atomic E-state index is 13.3. The summed E-state index contributed by atoms with van der Waals surface area (Å²) in [5.74, 6) is -8.41. The molecule has 250 valence electrons. The zero-order valence-electron chi connectivity index (χ0n) is 25.3. The van der Waals surface area contributed by atoms with E-state index in [1.807, 2.05) is 0 Å². The molecule has 0 aromatic rings. The first kappa shape index (κ1) is 32.2. The van der Waals surface area contributed by atoms with Gasteiger partial charge in [0.1, 0.15) is 20.0 Å². The molecule has 6 saturated carbocycles. The van der Waals surface area contributed by atoms with Gasteiger partial charge in [-0.1, -0.05) is 0 Å². The number of rotatable bonds is 15. The number of hydrogen-bond donors (Lipinski definition) is 4. The number of aliphatic hydroxyl groups excluding tert-OH is 1. The second-order valence-electron chi connectivity index (χ2n) is 14.6. The number of carboxylic acids is 3. The number of ether oxygens (including phenoxy) is 4. The summed E-state index contributed by atoms with van der Waals surface area (Å²) in [5.41, 5.74) is -1.44. The molecule has 13 heteroatoms. The molecular formula is C32H44O13. The third kappa shape index (κ3) is 5.95. The molecule has 6 rings (SSSR count). The van der Waals surface area contributed by atoms with Gasteiger partial charge >= 0.3 is 29.8 Å². The predicted molar refractivity (Wildman–Crippen MR) is 150 cm³/mol. The molecular weight excluding hydrogens is 592 g/mol. The van der Waals surface area contributed by atoms with Gasteiger partial charge < -0.3 is 39.4 Å². The van der Waals surface area contributed by atoms with Crippen LogP contribution in [0.25, 0.3) is 0 Å². The van der Waals surface area contributed by atoms with Crippen molar-refractivity contribution in [2.75, 3.05) is 33.2 Å². The molecule has 0 aromatic carbocycles. The third-order valence-corrected chi connectivity index (χ3v) is 12.2. The van der Waals surface area contributed by atoms with Crippen LogP contribution in [0.15, 0.2) is 0 Å². The minimum absolute atomic E-state index is 0.0637. The number of aliphatic carboxylic acids is 3. The summed E-state index contributed by atoms with van der Waals surface area (Å²) < 4.78 is 23.0. The Morgan fingerprint density at radius 1 is 0.556 bits per heavy atom. The normalized spacial score (nSPS) is 40.4. The first-order valence-electron chi connectivity index (χ1n) is 16.4. The number of esters is 2. The van der Waals surface area contributed by atoms with Crippen molar-refractivity contribution < 1.29 is 63.3 Å². The quantitative estimate of drug-likeness (QED) is 0.116. The van der Waals surface area contributed by atoms with Crippen LogP contribution in [0, 0.1) is 70.5 Å². The fraction of sp³-hybridized carbons (Fsp3) is 0.844. The van der Waals surface area contributed by atoms with Crippen molar-refractivity contribution in [3.8, 4) is 0 Å². The molecule has 12 atom stereocenters. The van der Waals surface area contributed by atoms with Crippen LogP contribution in [0.1, 0.15) is 57.8 Å². The summed E-state index contributed by atoms with van der Waals surface area (Å²) in [5, 5.41) is 39.9. The Labute approximate surface area is 260 Å². The largest absolute Gasteiger partial charge is 0.481 e. The molecule has 4 N–H and O–H groups in total. The summed E-state index contributed by atoms with van der Waals surface area (Å²) in [6.07, 6.45) is 6.30. The monoisotopic (exact) mass is 636 g/mol. The molecule has 6 aliphatic rings. The van der Waals surface area contributed by atoms with E-state index in [1.54, 1.807) is 0 Å². The van der Waals surface area contributed by atoms with Crippen molar-refractivity contribution in [2.24, 2.45) is 70.5 Å². The molecule has 0 aliphatic heterocycles. The highest BCUT2D eigenvalue weighted by atomic mass is 16.7. The van der Waals surface area contributed by atoms with E-state index in [-0.39, 0.29) is 48.9 Å². The molecule has 0 radical (unpaired) electrons. The molecule has 6 fully saturated rings. The Morgan fingerprint density at radius 2 is 0.956 bits per heavy atom. The molecule has 13 nitrogen and oxygen atoms in total. The highest BCUT2D eigenvalue weighted by Gasteiger charge is 2.57. The van der Waals surface area contributed by atoms with Gasteiger partial charge in [0, 0.05) is 0 Å². The second kappa shape index (κ2) is 12.8. The lowest BCUT2D eigenvalue weighted by Gasteiger charge is -2.34. The SMILES string of the molecule is O=C(O)C1C2CCC(C2)C1OCOCC(CO)(COC(=O)C1C2CCC(C2)C1C(=O)O)COC(=O)C1C2CCC(C2)C1C(=O)O. The molecule has 0 spiro atoms. The Kier molecular flexibility index (Phi) is 9.15. The van der Waals surface area contributed by atoms with E-state index < -0.39 is 90.8 Å². The number of hydrogen-bond acceptors (Lipinski definition) is 10. The van der Waals surface area contributed by atoms with Crippen LogP contribution in [-0.4, -0.2) is 89.6 Å². The fourth-order valence-electron chi connectivity index (χ4n) is 10.1. The maximum atomic E-state index is 13.3. The average molecular weight is 637 g/mol. The van der Waals surface area contributed by atoms with E-state index in [1.165, 1.54) is 0 Å². The zero-order chi connectivity index (χ0) is 32.0. The highest BCUT2D eigenvalue weighted by Crippen LogP contribution is 2.54. The number of carbonyl (C=O) groups excluding carboxylic acids is 2. The molecule has 45 heavy (non-hydrogen) atoms.